The van der Waals surface area contributed by atoms with E-state index in [1.165, 1.54) is 0 Å². The number of carbonyl (C=O) groups excluding carboxylic acids is 1. The predicted molar refractivity (Wildman–Crippen MR) is 94.3 cm³/mol. The average molecular weight is 320 g/mol. The third kappa shape index (κ3) is 3.51. The Morgan fingerprint density at radius 2 is 1.92 bits per heavy atom. The zero-order valence-corrected chi connectivity index (χ0v) is 14.1. The van der Waals surface area contributed by atoms with Crippen molar-refractivity contribution in [1.29, 1.82) is 0 Å². The maximum absolute atomic E-state index is 12.3. The molecule has 1 aromatic carbocycles. The van der Waals surface area contributed by atoms with E-state index in [1.54, 1.807) is 10.9 Å². The van der Waals surface area contributed by atoms with Crippen LogP contribution in [0, 0.1) is 20.8 Å². The van der Waals surface area contributed by atoms with Gasteiger partial charge >= 0.3 is 0 Å². The molecule has 24 heavy (non-hydrogen) atoms. The highest BCUT2D eigenvalue weighted by atomic mass is 16.1. The lowest BCUT2D eigenvalue weighted by atomic mass is 10.1. The zero-order valence-electron chi connectivity index (χ0n) is 14.1. The van der Waals surface area contributed by atoms with Crippen LogP contribution >= 0.6 is 0 Å². The van der Waals surface area contributed by atoms with E-state index in [2.05, 4.69) is 15.4 Å². The second kappa shape index (κ2) is 6.66. The lowest BCUT2D eigenvalue weighted by Gasteiger charge is -2.12. The van der Waals surface area contributed by atoms with Gasteiger partial charge in [0.2, 0.25) is 5.91 Å². The zero-order chi connectivity index (χ0) is 17.1. The molecule has 0 atom stereocenters. The van der Waals surface area contributed by atoms with E-state index in [0.717, 1.165) is 33.9 Å². The van der Waals surface area contributed by atoms with E-state index >= 15 is 0 Å². The van der Waals surface area contributed by atoms with Crippen molar-refractivity contribution < 1.29 is 4.79 Å². The Hall–Kier alpha value is -2.95. The largest absolute Gasteiger partial charge is 0.324 e. The van der Waals surface area contributed by atoms with Crippen molar-refractivity contribution >= 4 is 11.6 Å². The van der Waals surface area contributed by atoms with E-state index in [0.29, 0.717) is 6.42 Å². The molecular formula is C19H20N4O. The van der Waals surface area contributed by atoms with E-state index < -0.39 is 0 Å². The molecule has 1 amide bonds. The first-order chi connectivity index (χ1) is 11.5. The molecule has 5 nitrogen and oxygen atoms in total. The SMILES string of the molecule is Cc1cc(C)c(NC(=O)Cc2ccc(-n3cccn3)cc2)c(C)n1. The Bertz CT molecular complexity index is 829. The summed E-state index contributed by atoms with van der Waals surface area (Å²) in [5.41, 5.74) is 5.56. The number of pyridine rings is 1. The number of hydrogen-bond donors (Lipinski definition) is 1. The first-order valence-electron chi connectivity index (χ1n) is 7.86. The predicted octanol–water partition coefficient (Wildman–Crippen LogP) is 3.37. The second-order valence-corrected chi connectivity index (χ2v) is 5.88. The standard InChI is InChI=1S/C19H20N4O/c1-13-11-14(2)21-15(3)19(13)22-18(24)12-16-5-7-17(8-6-16)23-10-4-9-20-23/h4-11H,12H2,1-3H3,(H,22,24). The van der Waals surface area contributed by atoms with Gasteiger partial charge in [-0.1, -0.05) is 12.1 Å². The number of nitrogens with one attached hydrogen (secondary N) is 1. The first-order valence-corrected chi connectivity index (χ1v) is 7.86. The molecule has 0 saturated carbocycles. The summed E-state index contributed by atoms with van der Waals surface area (Å²) in [6.07, 6.45) is 3.95. The highest BCUT2D eigenvalue weighted by molar-refractivity contribution is 5.93. The van der Waals surface area contributed by atoms with Crippen LogP contribution < -0.4 is 5.32 Å². The van der Waals surface area contributed by atoms with Crippen molar-refractivity contribution in [2.75, 3.05) is 5.32 Å². The van der Waals surface area contributed by atoms with Crippen LogP contribution in [0.15, 0.2) is 48.8 Å². The van der Waals surface area contributed by atoms with Crippen molar-refractivity contribution in [3.63, 3.8) is 0 Å². The molecule has 0 radical (unpaired) electrons. The van der Waals surface area contributed by atoms with Crippen LogP contribution in [0.4, 0.5) is 5.69 Å². The monoisotopic (exact) mass is 320 g/mol. The third-order valence-electron chi connectivity index (χ3n) is 3.86. The van der Waals surface area contributed by atoms with Crippen LogP contribution in [-0.4, -0.2) is 20.7 Å². The van der Waals surface area contributed by atoms with Crippen molar-refractivity contribution in [3.05, 3.63) is 71.3 Å². The second-order valence-electron chi connectivity index (χ2n) is 5.88. The molecule has 3 rings (SSSR count). The number of benzene rings is 1. The summed E-state index contributed by atoms with van der Waals surface area (Å²) in [5, 5.41) is 7.17. The summed E-state index contributed by atoms with van der Waals surface area (Å²) >= 11 is 0. The van der Waals surface area contributed by atoms with Gasteiger partial charge in [0.15, 0.2) is 0 Å². The average Bonchev–Trinajstić information content (AvgIpc) is 3.06. The van der Waals surface area contributed by atoms with E-state index in [9.17, 15) is 4.79 Å². The van der Waals surface area contributed by atoms with Gasteiger partial charge in [-0.3, -0.25) is 9.78 Å². The highest BCUT2D eigenvalue weighted by Crippen LogP contribution is 2.19. The summed E-state index contributed by atoms with van der Waals surface area (Å²) in [6, 6.07) is 11.7. The van der Waals surface area contributed by atoms with Crippen LogP contribution in [0.25, 0.3) is 5.69 Å². The Balaban J connectivity index is 1.69. The lowest BCUT2D eigenvalue weighted by Crippen LogP contribution is -2.16. The fourth-order valence-corrected chi connectivity index (χ4v) is 2.77. The minimum Gasteiger partial charge on any atom is -0.324 e. The number of aryl methyl sites for hydroxylation is 3. The summed E-state index contributed by atoms with van der Waals surface area (Å²) in [6.45, 7) is 5.84. The number of hydrogen-bond acceptors (Lipinski definition) is 3. The maximum atomic E-state index is 12.3. The number of amides is 1. The van der Waals surface area contributed by atoms with Crippen LogP contribution in [0.3, 0.4) is 0 Å². The number of nitrogens with zero attached hydrogens (tertiary/aromatic N) is 3. The number of aromatic nitrogens is 3. The van der Waals surface area contributed by atoms with E-state index in [1.807, 2.05) is 63.4 Å². The molecule has 2 aromatic heterocycles. The summed E-state index contributed by atoms with van der Waals surface area (Å²) < 4.78 is 1.79. The van der Waals surface area contributed by atoms with Crippen molar-refractivity contribution in [2.45, 2.75) is 27.2 Å². The molecule has 2 heterocycles. The van der Waals surface area contributed by atoms with Gasteiger partial charge in [0.1, 0.15) is 0 Å². The normalized spacial score (nSPS) is 10.6. The lowest BCUT2D eigenvalue weighted by molar-refractivity contribution is -0.115. The van der Waals surface area contributed by atoms with Gasteiger partial charge in [0, 0.05) is 18.1 Å². The van der Waals surface area contributed by atoms with Gasteiger partial charge in [0.05, 0.1) is 23.5 Å². The molecule has 0 saturated heterocycles. The Morgan fingerprint density at radius 3 is 2.54 bits per heavy atom. The molecule has 122 valence electrons. The fraction of sp³-hybridized carbons (Fsp3) is 0.211. The Labute approximate surface area is 141 Å². The summed E-state index contributed by atoms with van der Waals surface area (Å²) in [5.74, 6) is -0.0429. The molecule has 0 aliphatic carbocycles. The quantitative estimate of drug-likeness (QED) is 0.802. The first kappa shape index (κ1) is 15.9. The van der Waals surface area contributed by atoms with Crippen LogP contribution in [0.2, 0.25) is 0 Å². The van der Waals surface area contributed by atoms with Crippen LogP contribution in [-0.2, 0) is 11.2 Å². The Kier molecular flexibility index (Phi) is 4.42. The van der Waals surface area contributed by atoms with Gasteiger partial charge in [0.25, 0.3) is 0 Å². The fourth-order valence-electron chi connectivity index (χ4n) is 2.77. The van der Waals surface area contributed by atoms with Crippen molar-refractivity contribution in [1.82, 2.24) is 14.8 Å². The van der Waals surface area contributed by atoms with Gasteiger partial charge < -0.3 is 5.32 Å². The van der Waals surface area contributed by atoms with Gasteiger partial charge in [-0.15, -0.1) is 0 Å². The maximum Gasteiger partial charge on any atom is 0.228 e. The highest BCUT2D eigenvalue weighted by Gasteiger charge is 2.10. The number of carbonyl (C=O) groups is 1. The number of rotatable bonds is 4. The summed E-state index contributed by atoms with van der Waals surface area (Å²) in [7, 11) is 0. The van der Waals surface area contributed by atoms with E-state index in [-0.39, 0.29) is 5.91 Å². The molecule has 0 aliphatic rings. The molecular weight excluding hydrogens is 300 g/mol. The molecule has 0 fully saturated rings. The van der Waals surface area contributed by atoms with Gasteiger partial charge in [-0.25, -0.2) is 4.68 Å². The molecule has 0 bridgehead atoms. The third-order valence-corrected chi connectivity index (χ3v) is 3.86. The van der Waals surface area contributed by atoms with Crippen molar-refractivity contribution in [2.24, 2.45) is 0 Å². The van der Waals surface area contributed by atoms with Gasteiger partial charge in [-0.2, -0.15) is 5.10 Å². The summed E-state index contributed by atoms with van der Waals surface area (Å²) in [4.78, 5) is 16.7. The van der Waals surface area contributed by atoms with Crippen LogP contribution in [0.1, 0.15) is 22.5 Å². The minimum atomic E-state index is -0.0429. The Morgan fingerprint density at radius 1 is 1.17 bits per heavy atom. The smallest absolute Gasteiger partial charge is 0.228 e. The molecule has 5 heteroatoms. The molecule has 1 N–H and O–H groups in total. The topological polar surface area (TPSA) is 59.8 Å². The van der Waals surface area contributed by atoms with E-state index in [4.69, 9.17) is 0 Å². The molecule has 0 unspecified atom stereocenters. The van der Waals surface area contributed by atoms with Gasteiger partial charge in [-0.05, 0) is 56.2 Å². The molecule has 0 aliphatic heterocycles. The minimum absolute atomic E-state index is 0.0429. The number of anilines is 1. The van der Waals surface area contributed by atoms with Crippen molar-refractivity contribution in [3.8, 4) is 5.69 Å². The molecule has 3 aromatic rings. The van der Waals surface area contributed by atoms with Crippen LogP contribution in [0.5, 0.6) is 0 Å². The molecule has 0 spiro atoms.